The van der Waals surface area contributed by atoms with E-state index in [0.29, 0.717) is 30.6 Å². The number of aryl methyl sites for hydroxylation is 1. The molecule has 0 radical (unpaired) electrons. The van der Waals surface area contributed by atoms with Gasteiger partial charge in [0.15, 0.2) is 0 Å². The van der Waals surface area contributed by atoms with E-state index in [1.165, 1.54) is 18.0 Å². The van der Waals surface area contributed by atoms with Crippen LogP contribution >= 0.6 is 0 Å². The molecule has 0 spiro atoms. The molecule has 3 amide bonds. The van der Waals surface area contributed by atoms with E-state index in [-0.39, 0.29) is 23.3 Å². The summed E-state index contributed by atoms with van der Waals surface area (Å²) in [6.45, 7) is 2.50. The monoisotopic (exact) mass is 354 g/mol. The van der Waals surface area contributed by atoms with E-state index in [0.717, 1.165) is 0 Å². The first-order valence-electron chi connectivity index (χ1n) is 7.64. The van der Waals surface area contributed by atoms with Gasteiger partial charge in [0.2, 0.25) is 15.9 Å². The van der Waals surface area contributed by atoms with Crippen molar-refractivity contribution >= 4 is 27.6 Å². The minimum atomic E-state index is -3.60. The number of carbonyl (C=O) groups excluding carboxylic acids is 2. The van der Waals surface area contributed by atoms with Crippen molar-refractivity contribution in [3.8, 4) is 0 Å². The number of hydrogen-bond donors (Lipinski definition) is 3. The molecule has 0 aliphatic carbocycles. The van der Waals surface area contributed by atoms with E-state index >= 15 is 0 Å². The molecular formula is C15H22N4O4S. The molecule has 1 aromatic carbocycles. The summed E-state index contributed by atoms with van der Waals surface area (Å²) in [6.07, 6.45) is 1.36. The molecule has 2 rings (SSSR count). The Bertz CT molecular complexity index is 748. The number of nitrogens with two attached hydrogens (primary N) is 1. The molecule has 1 aliphatic rings. The second kappa shape index (κ2) is 7.18. The number of primary amides is 1. The maximum Gasteiger partial charge on any atom is 0.314 e. The van der Waals surface area contributed by atoms with Gasteiger partial charge in [0.05, 0.1) is 10.8 Å². The highest BCUT2D eigenvalue weighted by Crippen LogP contribution is 2.22. The minimum absolute atomic E-state index is 0.116. The number of nitrogens with zero attached hydrogens (tertiary/aromatic N) is 1. The number of piperidine rings is 1. The maximum atomic E-state index is 12.4. The zero-order valence-electron chi connectivity index (χ0n) is 13.7. The Morgan fingerprint density at radius 1 is 1.33 bits per heavy atom. The van der Waals surface area contributed by atoms with E-state index in [9.17, 15) is 18.0 Å². The van der Waals surface area contributed by atoms with Crippen molar-refractivity contribution in [1.82, 2.24) is 9.62 Å². The van der Waals surface area contributed by atoms with Crippen molar-refractivity contribution in [2.24, 2.45) is 11.7 Å². The van der Waals surface area contributed by atoms with Crippen LogP contribution in [0.2, 0.25) is 0 Å². The van der Waals surface area contributed by atoms with E-state index in [4.69, 9.17) is 5.73 Å². The predicted molar refractivity (Wildman–Crippen MR) is 89.9 cm³/mol. The number of rotatable bonds is 4. The molecule has 1 aromatic rings. The van der Waals surface area contributed by atoms with Gasteiger partial charge in [-0.2, -0.15) is 0 Å². The number of hydrogen-bond acceptors (Lipinski definition) is 4. The summed E-state index contributed by atoms with van der Waals surface area (Å²) in [6, 6.07) is 4.17. The average Bonchev–Trinajstić information content (AvgIpc) is 2.56. The summed E-state index contributed by atoms with van der Waals surface area (Å²) in [5.74, 6) is -0.616. The Morgan fingerprint density at radius 2 is 2.04 bits per heavy atom. The Hall–Kier alpha value is -2.13. The molecule has 0 saturated carbocycles. The number of carbonyl (C=O) groups is 2. The molecule has 1 aliphatic heterocycles. The van der Waals surface area contributed by atoms with Crippen LogP contribution in [0.15, 0.2) is 23.1 Å². The highest BCUT2D eigenvalue weighted by molar-refractivity contribution is 7.89. The van der Waals surface area contributed by atoms with Gasteiger partial charge in [0.1, 0.15) is 0 Å². The van der Waals surface area contributed by atoms with E-state index < -0.39 is 16.1 Å². The topological polar surface area (TPSA) is 122 Å². The number of sulfonamides is 1. The number of urea groups is 1. The van der Waals surface area contributed by atoms with Crippen LogP contribution in [-0.4, -0.2) is 45.4 Å². The quantitative estimate of drug-likeness (QED) is 0.734. The Balaban J connectivity index is 2.15. The van der Waals surface area contributed by atoms with Crippen LogP contribution in [0.1, 0.15) is 18.4 Å². The smallest absolute Gasteiger partial charge is 0.314 e. The van der Waals surface area contributed by atoms with Gasteiger partial charge in [-0.05, 0) is 44.5 Å². The second-order valence-corrected chi connectivity index (χ2v) is 7.66. The fourth-order valence-corrected chi connectivity index (χ4v) is 3.71. The predicted octanol–water partition coefficient (Wildman–Crippen LogP) is 0.632. The third-order valence-electron chi connectivity index (χ3n) is 4.12. The third kappa shape index (κ3) is 4.04. The number of amides is 3. The first-order valence-corrected chi connectivity index (χ1v) is 9.12. The highest BCUT2D eigenvalue weighted by atomic mass is 32.2. The van der Waals surface area contributed by atoms with Crippen LogP contribution in [-0.2, 0) is 14.8 Å². The van der Waals surface area contributed by atoms with Gasteiger partial charge >= 0.3 is 6.03 Å². The van der Waals surface area contributed by atoms with Crippen molar-refractivity contribution < 1.29 is 18.0 Å². The van der Waals surface area contributed by atoms with E-state index in [1.54, 1.807) is 19.1 Å². The maximum absolute atomic E-state index is 12.4. The molecule has 1 saturated heterocycles. The second-order valence-electron chi connectivity index (χ2n) is 5.80. The Kier molecular flexibility index (Phi) is 5.45. The van der Waals surface area contributed by atoms with E-state index in [1.807, 2.05) is 0 Å². The number of nitrogens with one attached hydrogen (secondary N) is 2. The van der Waals surface area contributed by atoms with Crippen LogP contribution in [0.25, 0.3) is 0 Å². The molecule has 4 N–H and O–H groups in total. The van der Waals surface area contributed by atoms with Gasteiger partial charge in [-0.3, -0.25) is 4.79 Å². The number of likely N-dealkylation sites (tertiary alicyclic amines) is 1. The fraction of sp³-hybridized carbons (Fsp3) is 0.467. The van der Waals surface area contributed by atoms with Crippen molar-refractivity contribution in [3.63, 3.8) is 0 Å². The zero-order chi connectivity index (χ0) is 17.9. The number of anilines is 1. The summed E-state index contributed by atoms with van der Waals surface area (Å²) >= 11 is 0. The minimum Gasteiger partial charge on any atom is -0.351 e. The average molecular weight is 354 g/mol. The van der Waals surface area contributed by atoms with Crippen molar-refractivity contribution in [2.45, 2.75) is 24.7 Å². The van der Waals surface area contributed by atoms with Crippen LogP contribution in [0.5, 0.6) is 0 Å². The molecule has 1 heterocycles. The SMILES string of the molecule is CNS(=O)(=O)c1cc(NC(=O)[C@@H]2CCCN(C(N)=O)C2)ccc1C. The summed E-state index contributed by atoms with van der Waals surface area (Å²) < 4.78 is 26.3. The first-order chi connectivity index (χ1) is 11.2. The van der Waals surface area contributed by atoms with Crippen LogP contribution in [0, 0.1) is 12.8 Å². The molecule has 8 nitrogen and oxygen atoms in total. The lowest BCUT2D eigenvalue weighted by Crippen LogP contribution is -2.46. The molecular weight excluding hydrogens is 332 g/mol. The molecule has 1 fully saturated rings. The Morgan fingerprint density at radius 3 is 2.67 bits per heavy atom. The molecule has 0 aromatic heterocycles. The van der Waals surface area contributed by atoms with Gasteiger partial charge in [-0.15, -0.1) is 0 Å². The largest absolute Gasteiger partial charge is 0.351 e. The van der Waals surface area contributed by atoms with Gasteiger partial charge in [-0.25, -0.2) is 17.9 Å². The third-order valence-corrected chi connectivity index (χ3v) is 5.67. The summed E-state index contributed by atoms with van der Waals surface area (Å²) in [5, 5.41) is 2.72. The van der Waals surface area contributed by atoms with Gasteiger partial charge < -0.3 is 16.0 Å². The summed E-state index contributed by atoms with van der Waals surface area (Å²) in [7, 11) is -2.27. The van der Waals surface area contributed by atoms with Crippen LogP contribution in [0.3, 0.4) is 0 Å². The fourth-order valence-electron chi connectivity index (χ4n) is 2.71. The van der Waals surface area contributed by atoms with Crippen molar-refractivity contribution in [2.75, 3.05) is 25.5 Å². The first kappa shape index (κ1) is 18.2. The lowest BCUT2D eigenvalue weighted by atomic mass is 9.97. The van der Waals surface area contributed by atoms with Crippen LogP contribution in [0.4, 0.5) is 10.5 Å². The Labute approximate surface area is 141 Å². The van der Waals surface area contributed by atoms with Crippen molar-refractivity contribution in [1.29, 1.82) is 0 Å². The standard InChI is InChI=1S/C15H22N4O4S/c1-10-5-6-12(8-13(10)24(22,23)17-2)18-14(20)11-4-3-7-19(9-11)15(16)21/h5-6,8,11,17H,3-4,7,9H2,1-2H3,(H2,16,21)(H,18,20)/t11-/m1/s1. The van der Waals surface area contributed by atoms with Crippen LogP contribution < -0.4 is 15.8 Å². The zero-order valence-corrected chi connectivity index (χ0v) is 14.5. The number of benzene rings is 1. The molecule has 132 valence electrons. The molecule has 0 unspecified atom stereocenters. The van der Waals surface area contributed by atoms with E-state index in [2.05, 4.69) is 10.0 Å². The summed E-state index contributed by atoms with van der Waals surface area (Å²) in [4.78, 5) is 25.2. The van der Waals surface area contributed by atoms with Gasteiger partial charge in [-0.1, -0.05) is 6.07 Å². The molecule has 24 heavy (non-hydrogen) atoms. The normalized spacial score (nSPS) is 18.2. The summed E-state index contributed by atoms with van der Waals surface area (Å²) in [5.41, 5.74) is 6.25. The molecule has 9 heteroatoms. The van der Waals surface area contributed by atoms with Gasteiger partial charge in [0, 0.05) is 18.8 Å². The van der Waals surface area contributed by atoms with Gasteiger partial charge in [0.25, 0.3) is 0 Å². The lowest BCUT2D eigenvalue weighted by molar-refractivity contribution is -0.121. The lowest BCUT2D eigenvalue weighted by Gasteiger charge is -2.30. The molecule has 0 bridgehead atoms. The highest BCUT2D eigenvalue weighted by Gasteiger charge is 2.27. The van der Waals surface area contributed by atoms with Crippen molar-refractivity contribution in [3.05, 3.63) is 23.8 Å². The molecule has 1 atom stereocenters.